The molecule has 240 valence electrons. The Balaban J connectivity index is 3.80. The van der Waals surface area contributed by atoms with Gasteiger partial charge in [-0.25, -0.2) is 0 Å². The Morgan fingerprint density at radius 3 is 1.10 bits per heavy atom. The molecule has 0 bridgehead atoms. The van der Waals surface area contributed by atoms with E-state index in [9.17, 15) is 10.0 Å². The molecule has 1 N–H and O–H groups in total. The van der Waals surface area contributed by atoms with Crippen LogP contribution in [0.4, 0.5) is 0 Å². The molecule has 1 unspecified atom stereocenters. The summed E-state index contributed by atoms with van der Waals surface area (Å²) in [6.45, 7) is 7.22. The summed E-state index contributed by atoms with van der Waals surface area (Å²) in [4.78, 5) is 11.3. The van der Waals surface area contributed by atoms with Crippen molar-refractivity contribution in [2.75, 3.05) is 13.2 Å². The Bertz CT molecular complexity index is 497. The van der Waals surface area contributed by atoms with Crippen molar-refractivity contribution in [2.45, 2.75) is 213 Å². The van der Waals surface area contributed by atoms with Gasteiger partial charge in [-0.1, -0.05) is 212 Å². The van der Waals surface area contributed by atoms with E-state index in [0.29, 0.717) is 5.92 Å². The molecule has 40 heavy (non-hydrogen) atoms. The van der Waals surface area contributed by atoms with Crippen molar-refractivity contribution >= 4 is 0 Å². The highest BCUT2D eigenvalue weighted by molar-refractivity contribution is 4.86. The van der Waals surface area contributed by atoms with Crippen LogP contribution in [0.1, 0.15) is 213 Å². The summed E-state index contributed by atoms with van der Waals surface area (Å²) in [6, 6.07) is 0. The molecule has 0 aliphatic heterocycles. The second kappa shape index (κ2) is 31.5. The Morgan fingerprint density at radius 2 is 0.800 bits per heavy atom. The molecule has 2 atom stereocenters. The first kappa shape index (κ1) is 39.6. The van der Waals surface area contributed by atoms with Gasteiger partial charge in [0, 0.05) is 5.41 Å². The van der Waals surface area contributed by atoms with Crippen LogP contribution in [0.15, 0.2) is 5.18 Å². The fourth-order valence-electron chi connectivity index (χ4n) is 6.52. The van der Waals surface area contributed by atoms with E-state index in [1.165, 1.54) is 173 Å². The molecule has 0 aliphatic rings. The molecule has 0 rings (SSSR count). The third-order valence-electron chi connectivity index (χ3n) is 9.76. The van der Waals surface area contributed by atoms with E-state index < -0.39 is 0 Å². The first-order valence-corrected chi connectivity index (χ1v) is 18.6. The molecule has 0 aliphatic carbocycles. The predicted octanol–water partition coefficient (Wildman–Crippen LogP) is 13.1. The van der Waals surface area contributed by atoms with Gasteiger partial charge in [0.05, 0.1) is 13.2 Å². The lowest BCUT2D eigenvalue weighted by molar-refractivity contribution is 0.0589. The summed E-state index contributed by atoms with van der Waals surface area (Å²) >= 11 is 0. The molecule has 0 aromatic rings. The summed E-state index contributed by atoms with van der Waals surface area (Å²) in [5, 5.41) is 13.6. The fourth-order valence-corrected chi connectivity index (χ4v) is 6.52. The number of nitrogens with zero attached hydrogens (tertiary/aromatic N) is 1. The minimum absolute atomic E-state index is 0.108. The zero-order valence-electron chi connectivity index (χ0n) is 28.0. The zero-order valence-corrected chi connectivity index (χ0v) is 28.0. The first-order valence-electron chi connectivity index (χ1n) is 18.6. The number of unbranched alkanes of at least 4 members (excludes halogenated alkanes) is 26. The number of rotatable bonds is 34. The quantitative estimate of drug-likeness (QED) is 0.0623. The molecular weight excluding hydrogens is 490 g/mol. The second-order valence-electron chi connectivity index (χ2n) is 13.4. The fraction of sp³-hybridized carbons (Fsp3) is 1.00. The van der Waals surface area contributed by atoms with E-state index in [2.05, 4.69) is 25.9 Å². The van der Waals surface area contributed by atoms with Gasteiger partial charge in [0.15, 0.2) is 0 Å². The van der Waals surface area contributed by atoms with Gasteiger partial charge in [0.2, 0.25) is 0 Å². The van der Waals surface area contributed by atoms with Crippen molar-refractivity contribution in [3.8, 4) is 0 Å². The number of hydrogen-bond acceptors (Lipinski definition) is 3. The van der Waals surface area contributed by atoms with Crippen molar-refractivity contribution in [3.63, 3.8) is 0 Å². The number of nitroso groups, excluding NO2 is 1. The van der Waals surface area contributed by atoms with Crippen LogP contribution in [-0.4, -0.2) is 18.3 Å². The van der Waals surface area contributed by atoms with Crippen molar-refractivity contribution < 1.29 is 5.11 Å². The minimum atomic E-state index is -0.296. The van der Waals surface area contributed by atoms with Crippen LogP contribution in [-0.2, 0) is 0 Å². The van der Waals surface area contributed by atoms with E-state index in [1.54, 1.807) is 0 Å². The molecule has 3 nitrogen and oxygen atoms in total. The van der Waals surface area contributed by atoms with Gasteiger partial charge in [-0.15, -0.1) is 0 Å². The van der Waals surface area contributed by atoms with Gasteiger partial charge in [-0.3, -0.25) is 0 Å². The highest BCUT2D eigenvalue weighted by Crippen LogP contribution is 2.37. The molecule has 3 heteroatoms. The van der Waals surface area contributed by atoms with Crippen LogP contribution < -0.4 is 0 Å². The Labute approximate surface area is 252 Å². The number of aliphatic hydroxyl groups is 1. The Hall–Kier alpha value is -0.440. The van der Waals surface area contributed by atoms with Gasteiger partial charge >= 0.3 is 0 Å². The van der Waals surface area contributed by atoms with Crippen LogP contribution in [0.2, 0.25) is 0 Å². The lowest BCUT2D eigenvalue weighted by Gasteiger charge is -2.36. The maximum atomic E-state index is 11.3. The standard InChI is InChI=1S/C37H75NO2/c1-4-6-8-10-12-14-16-18-19-21-23-25-27-29-31-33-37(35-39,34-38-40)36(3)32-30-28-26-24-22-20-17-15-13-11-9-7-5-2/h36,39H,4-35H2,1-3H3/t36?,37-/m0/s1. The largest absolute Gasteiger partial charge is 0.396 e. The average molecular weight is 566 g/mol. The Morgan fingerprint density at radius 1 is 0.500 bits per heavy atom. The molecule has 0 heterocycles. The van der Waals surface area contributed by atoms with E-state index >= 15 is 0 Å². The van der Waals surface area contributed by atoms with Crippen LogP contribution in [0.3, 0.4) is 0 Å². The maximum absolute atomic E-state index is 11.3. The predicted molar refractivity (Wildman–Crippen MR) is 179 cm³/mol. The lowest BCUT2D eigenvalue weighted by Crippen LogP contribution is -2.36. The lowest BCUT2D eigenvalue weighted by atomic mass is 9.71. The third kappa shape index (κ3) is 24.2. The maximum Gasteiger partial charge on any atom is 0.0891 e. The van der Waals surface area contributed by atoms with Crippen LogP contribution >= 0.6 is 0 Å². The molecule has 0 aromatic carbocycles. The van der Waals surface area contributed by atoms with Crippen molar-refractivity contribution in [1.29, 1.82) is 0 Å². The normalized spacial score (nSPS) is 13.9. The molecule has 0 radical (unpaired) electrons. The van der Waals surface area contributed by atoms with Crippen molar-refractivity contribution in [3.05, 3.63) is 4.91 Å². The smallest absolute Gasteiger partial charge is 0.0891 e. The van der Waals surface area contributed by atoms with Gasteiger partial charge in [-0.05, 0) is 12.3 Å². The zero-order chi connectivity index (χ0) is 29.4. The van der Waals surface area contributed by atoms with E-state index in [1.807, 2.05) is 0 Å². The van der Waals surface area contributed by atoms with Gasteiger partial charge in [0.1, 0.15) is 0 Å². The van der Waals surface area contributed by atoms with Crippen LogP contribution in [0, 0.1) is 16.2 Å². The van der Waals surface area contributed by atoms with Crippen LogP contribution in [0.5, 0.6) is 0 Å². The summed E-state index contributed by atoms with van der Waals surface area (Å²) in [5.41, 5.74) is -0.296. The number of hydrogen-bond donors (Lipinski definition) is 1. The summed E-state index contributed by atoms with van der Waals surface area (Å²) in [7, 11) is 0. The van der Waals surface area contributed by atoms with Crippen molar-refractivity contribution in [1.82, 2.24) is 0 Å². The van der Waals surface area contributed by atoms with Gasteiger partial charge < -0.3 is 5.11 Å². The molecule has 0 fully saturated rings. The SMILES string of the molecule is CCCCCCCCCCCCCCCCC[C@@](CO)(CN=O)C(C)CCCCCCCCCCCCCCC. The van der Waals surface area contributed by atoms with E-state index in [-0.39, 0.29) is 18.6 Å². The minimum Gasteiger partial charge on any atom is -0.396 e. The van der Waals surface area contributed by atoms with Crippen LogP contribution in [0.25, 0.3) is 0 Å². The first-order chi connectivity index (χ1) is 19.7. The highest BCUT2D eigenvalue weighted by atomic mass is 16.3. The monoisotopic (exact) mass is 566 g/mol. The van der Waals surface area contributed by atoms with Crippen molar-refractivity contribution in [2.24, 2.45) is 16.5 Å². The van der Waals surface area contributed by atoms with Gasteiger partial charge in [-0.2, -0.15) is 4.91 Å². The topological polar surface area (TPSA) is 49.7 Å². The molecular formula is C37H75NO2. The summed E-state index contributed by atoms with van der Waals surface area (Å²) in [6.07, 6.45) is 40.4. The molecule has 0 saturated heterocycles. The Kier molecular flexibility index (Phi) is 31.1. The molecule has 0 spiro atoms. The third-order valence-corrected chi connectivity index (χ3v) is 9.76. The van der Waals surface area contributed by atoms with E-state index in [4.69, 9.17) is 0 Å². The highest BCUT2D eigenvalue weighted by Gasteiger charge is 2.35. The summed E-state index contributed by atoms with van der Waals surface area (Å²) in [5.74, 6) is 0.370. The number of aliphatic hydroxyl groups excluding tert-OH is 1. The van der Waals surface area contributed by atoms with Gasteiger partial charge in [0.25, 0.3) is 0 Å². The average Bonchev–Trinajstić information content (AvgIpc) is 2.96. The summed E-state index contributed by atoms with van der Waals surface area (Å²) < 4.78 is 0. The molecule has 0 saturated carbocycles. The molecule has 0 amide bonds. The molecule has 0 aromatic heterocycles. The second-order valence-corrected chi connectivity index (χ2v) is 13.4. The van der Waals surface area contributed by atoms with E-state index in [0.717, 1.165) is 19.3 Å².